The molecule has 1 atom stereocenters. The first-order valence-electron chi connectivity index (χ1n) is 7.00. The minimum Gasteiger partial charge on any atom is -0.317 e. The van der Waals surface area contributed by atoms with Gasteiger partial charge in [0, 0.05) is 23.4 Å². The summed E-state index contributed by atoms with van der Waals surface area (Å²) in [7, 11) is 2.00. The molecule has 100 valence electrons. The fourth-order valence-electron chi connectivity index (χ4n) is 2.63. The normalized spacial score (nSPS) is 15.5. The molecule has 0 fully saturated rings. The Bertz CT molecular complexity index is 574. The molecule has 2 nitrogen and oxygen atoms in total. The van der Waals surface area contributed by atoms with Crippen LogP contribution in [0.5, 0.6) is 0 Å². The molecule has 1 unspecified atom stereocenters. The van der Waals surface area contributed by atoms with Gasteiger partial charge in [-0.25, -0.2) is 4.98 Å². The Kier molecular flexibility index (Phi) is 3.67. The summed E-state index contributed by atoms with van der Waals surface area (Å²) in [5, 5.41) is 6.67. The maximum atomic E-state index is 4.77. The number of hydrogen-bond donors (Lipinski definition) is 1. The van der Waals surface area contributed by atoms with Gasteiger partial charge < -0.3 is 5.32 Å². The highest BCUT2D eigenvalue weighted by Crippen LogP contribution is 2.29. The largest absolute Gasteiger partial charge is 0.317 e. The van der Waals surface area contributed by atoms with Gasteiger partial charge in [0.25, 0.3) is 0 Å². The van der Waals surface area contributed by atoms with Gasteiger partial charge in [-0.05, 0) is 50.4 Å². The van der Waals surface area contributed by atoms with Crippen molar-refractivity contribution in [3.8, 4) is 11.3 Å². The monoisotopic (exact) mass is 272 g/mol. The average Bonchev–Trinajstić information content (AvgIpc) is 3.05. The van der Waals surface area contributed by atoms with Crippen LogP contribution in [0.15, 0.2) is 23.6 Å². The lowest BCUT2D eigenvalue weighted by molar-refractivity contribution is 0.607. The molecule has 0 spiro atoms. The fraction of sp³-hybridized carbons (Fsp3) is 0.438. The van der Waals surface area contributed by atoms with Crippen molar-refractivity contribution in [3.05, 3.63) is 39.7 Å². The minimum atomic E-state index is 0.485. The summed E-state index contributed by atoms with van der Waals surface area (Å²) >= 11 is 1.77. The lowest BCUT2D eigenvalue weighted by Crippen LogP contribution is -2.23. The van der Waals surface area contributed by atoms with Crippen molar-refractivity contribution in [2.45, 2.75) is 38.6 Å². The van der Waals surface area contributed by atoms with Crippen LogP contribution in [0.4, 0.5) is 0 Å². The van der Waals surface area contributed by atoms with Gasteiger partial charge >= 0.3 is 0 Å². The molecule has 1 aromatic carbocycles. The molecule has 0 saturated carbocycles. The standard InChI is InChI=1S/C16H20N2S/c1-11(17-2)8-16-18-15(10-19-16)14-7-6-12-4-3-5-13(12)9-14/h6-7,9-11,17H,3-5,8H2,1-2H3. The van der Waals surface area contributed by atoms with Gasteiger partial charge in [0.2, 0.25) is 0 Å². The van der Waals surface area contributed by atoms with Crippen molar-refractivity contribution >= 4 is 11.3 Å². The van der Waals surface area contributed by atoms with Crippen LogP contribution in [0.25, 0.3) is 11.3 Å². The van der Waals surface area contributed by atoms with Crippen LogP contribution in [-0.2, 0) is 19.3 Å². The first kappa shape index (κ1) is 12.8. The maximum Gasteiger partial charge on any atom is 0.0948 e. The molecule has 1 aromatic heterocycles. The van der Waals surface area contributed by atoms with E-state index >= 15 is 0 Å². The predicted molar refractivity (Wildman–Crippen MR) is 81.8 cm³/mol. The summed E-state index contributed by atoms with van der Waals surface area (Å²) in [5.41, 5.74) is 5.47. The molecule has 0 saturated heterocycles. The van der Waals surface area contributed by atoms with Crippen LogP contribution >= 0.6 is 11.3 Å². The Labute approximate surface area is 118 Å². The fourth-order valence-corrected chi connectivity index (χ4v) is 3.57. The Morgan fingerprint density at radius 2 is 2.16 bits per heavy atom. The van der Waals surface area contributed by atoms with E-state index in [4.69, 9.17) is 4.98 Å². The summed E-state index contributed by atoms with van der Waals surface area (Å²) in [4.78, 5) is 4.77. The molecule has 0 aliphatic heterocycles. The highest BCUT2D eigenvalue weighted by atomic mass is 32.1. The van der Waals surface area contributed by atoms with E-state index in [9.17, 15) is 0 Å². The highest BCUT2D eigenvalue weighted by Gasteiger charge is 2.13. The summed E-state index contributed by atoms with van der Waals surface area (Å²) < 4.78 is 0. The molecule has 1 N–H and O–H groups in total. The molecule has 0 radical (unpaired) electrons. The van der Waals surface area contributed by atoms with Crippen molar-refractivity contribution < 1.29 is 0 Å². The van der Waals surface area contributed by atoms with E-state index in [0.717, 1.165) is 12.1 Å². The van der Waals surface area contributed by atoms with Crippen molar-refractivity contribution in [3.63, 3.8) is 0 Å². The molecule has 0 bridgehead atoms. The van der Waals surface area contributed by atoms with Crippen molar-refractivity contribution in [2.75, 3.05) is 7.05 Å². The van der Waals surface area contributed by atoms with Crippen molar-refractivity contribution in [2.24, 2.45) is 0 Å². The zero-order chi connectivity index (χ0) is 13.2. The Hall–Kier alpha value is -1.19. The zero-order valence-corrected chi connectivity index (χ0v) is 12.4. The topological polar surface area (TPSA) is 24.9 Å². The smallest absolute Gasteiger partial charge is 0.0948 e. The number of aromatic nitrogens is 1. The Balaban J connectivity index is 1.82. The number of likely N-dealkylation sites (N-methyl/N-ethyl adjacent to an activating group) is 1. The van der Waals surface area contributed by atoms with Crippen LogP contribution in [0.1, 0.15) is 29.5 Å². The first-order chi connectivity index (χ1) is 9.26. The molecular weight excluding hydrogens is 252 g/mol. The molecule has 1 aliphatic carbocycles. The summed E-state index contributed by atoms with van der Waals surface area (Å²) in [6, 6.07) is 7.33. The number of fused-ring (bicyclic) bond motifs is 1. The lowest BCUT2D eigenvalue weighted by atomic mass is 10.1. The van der Waals surface area contributed by atoms with Gasteiger partial charge in [-0.1, -0.05) is 12.1 Å². The number of nitrogens with zero attached hydrogens (tertiary/aromatic N) is 1. The number of nitrogens with one attached hydrogen (secondary N) is 1. The van der Waals surface area contributed by atoms with Crippen LogP contribution in [0.3, 0.4) is 0 Å². The zero-order valence-electron chi connectivity index (χ0n) is 11.6. The Morgan fingerprint density at radius 1 is 1.32 bits per heavy atom. The van der Waals surface area contributed by atoms with Gasteiger partial charge in [-0.3, -0.25) is 0 Å². The molecule has 3 heteroatoms. The molecule has 19 heavy (non-hydrogen) atoms. The van der Waals surface area contributed by atoms with E-state index in [2.05, 4.69) is 35.8 Å². The molecule has 3 rings (SSSR count). The van der Waals surface area contributed by atoms with E-state index in [1.807, 2.05) is 7.05 Å². The van der Waals surface area contributed by atoms with E-state index in [0.29, 0.717) is 6.04 Å². The maximum absolute atomic E-state index is 4.77. The van der Waals surface area contributed by atoms with Crippen molar-refractivity contribution in [1.82, 2.24) is 10.3 Å². The van der Waals surface area contributed by atoms with E-state index in [1.165, 1.54) is 41.0 Å². The number of rotatable bonds is 4. The van der Waals surface area contributed by atoms with Gasteiger partial charge in [0.05, 0.1) is 10.7 Å². The number of benzene rings is 1. The quantitative estimate of drug-likeness (QED) is 0.922. The molecule has 1 heterocycles. The Morgan fingerprint density at radius 3 is 3.00 bits per heavy atom. The second-order valence-corrected chi connectivity index (χ2v) is 6.30. The third-order valence-electron chi connectivity index (χ3n) is 3.92. The van der Waals surface area contributed by atoms with E-state index < -0.39 is 0 Å². The van der Waals surface area contributed by atoms with E-state index in [-0.39, 0.29) is 0 Å². The van der Waals surface area contributed by atoms with Crippen LogP contribution in [0.2, 0.25) is 0 Å². The van der Waals surface area contributed by atoms with Gasteiger partial charge in [0.1, 0.15) is 0 Å². The van der Waals surface area contributed by atoms with E-state index in [1.54, 1.807) is 11.3 Å². The number of hydrogen-bond acceptors (Lipinski definition) is 3. The summed E-state index contributed by atoms with van der Waals surface area (Å²) in [6.45, 7) is 2.19. The van der Waals surface area contributed by atoms with Crippen LogP contribution in [-0.4, -0.2) is 18.1 Å². The van der Waals surface area contributed by atoms with Gasteiger partial charge in [-0.15, -0.1) is 11.3 Å². The number of thiazole rings is 1. The van der Waals surface area contributed by atoms with Gasteiger partial charge in [0.15, 0.2) is 0 Å². The molecular formula is C16H20N2S. The van der Waals surface area contributed by atoms with Crippen LogP contribution in [0, 0.1) is 0 Å². The van der Waals surface area contributed by atoms with Crippen LogP contribution < -0.4 is 5.32 Å². The summed E-state index contributed by atoms with van der Waals surface area (Å²) in [5.74, 6) is 0. The molecule has 1 aliphatic rings. The molecule has 0 amide bonds. The van der Waals surface area contributed by atoms with Crippen molar-refractivity contribution in [1.29, 1.82) is 0 Å². The second-order valence-electron chi connectivity index (χ2n) is 5.36. The third-order valence-corrected chi connectivity index (χ3v) is 4.79. The minimum absolute atomic E-state index is 0.485. The first-order valence-corrected chi connectivity index (χ1v) is 7.88. The predicted octanol–water partition coefficient (Wildman–Crippen LogP) is 3.45. The average molecular weight is 272 g/mol. The highest BCUT2D eigenvalue weighted by molar-refractivity contribution is 7.09. The lowest BCUT2D eigenvalue weighted by Gasteiger charge is -2.06. The second kappa shape index (κ2) is 5.43. The summed E-state index contributed by atoms with van der Waals surface area (Å²) in [6.07, 6.45) is 4.79. The van der Waals surface area contributed by atoms with Gasteiger partial charge in [-0.2, -0.15) is 0 Å². The third kappa shape index (κ3) is 2.72. The SMILES string of the molecule is CNC(C)Cc1nc(-c2ccc3c(c2)CCC3)cs1. The number of aryl methyl sites for hydroxylation is 2. The molecule has 2 aromatic rings.